The predicted molar refractivity (Wildman–Crippen MR) is 105 cm³/mol. The molecule has 26 heavy (non-hydrogen) atoms. The lowest BCUT2D eigenvalue weighted by atomic mass is 10.1. The number of fused-ring (bicyclic) bond motifs is 1. The number of anilines is 2. The van der Waals surface area contributed by atoms with Crippen LogP contribution in [-0.4, -0.2) is 10.9 Å². The van der Waals surface area contributed by atoms with Gasteiger partial charge in [0.15, 0.2) is 0 Å². The number of benzene rings is 2. The standard InChI is InChI=1S/C21H18ClN3O/c1-2-14-6-5-7-16(12-14)24-20-17-8-3-4-9-18(17)21(26)25(20)19-11-10-15(22)13-23-19/h3-13,20,24H,2H2,1H3/t20-/m0/s1. The van der Waals surface area contributed by atoms with E-state index in [0.717, 1.165) is 17.7 Å². The first-order valence-corrected chi connectivity index (χ1v) is 8.94. The molecular weight excluding hydrogens is 346 g/mol. The minimum Gasteiger partial charge on any atom is -0.361 e. The van der Waals surface area contributed by atoms with Gasteiger partial charge in [0.25, 0.3) is 5.91 Å². The first kappa shape index (κ1) is 16.6. The molecule has 0 unspecified atom stereocenters. The fourth-order valence-corrected chi connectivity index (χ4v) is 3.36. The summed E-state index contributed by atoms with van der Waals surface area (Å²) in [5.41, 5.74) is 3.84. The molecule has 1 aliphatic heterocycles. The average molecular weight is 364 g/mol. The third kappa shape index (κ3) is 2.93. The highest BCUT2D eigenvalue weighted by Crippen LogP contribution is 2.37. The summed E-state index contributed by atoms with van der Waals surface area (Å²) in [4.78, 5) is 19.1. The van der Waals surface area contributed by atoms with Crippen molar-refractivity contribution < 1.29 is 4.79 Å². The molecule has 4 nitrogen and oxygen atoms in total. The predicted octanol–water partition coefficient (Wildman–Crippen LogP) is 5.07. The third-order valence-corrected chi connectivity index (χ3v) is 4.78. The van der Waals surface area contributed by atoms with Crippen LogP contribution in [0.1, 0.15) is 34.6 Å². The SMILES string of the molecule is CCc1cccc(N[C@@H]2c3ccccc3C(=O)N2c2ccc(Cl)cn2)c1. The molecule has 0 aliphatic carbocycles. The van der Waals surface area contributed by atoms with E-state index in [9.17, 15) is 4.79 Å². The molecule has 130 valence electrons. The molecule has 0 spiro atoms. The van der Waals surface area contributed by atoms with Gasteiger partial charge in [0.05, 0.1) is 5.02 Å². The zero-order chi connectivity index (χ0) is 18.1. The highest BCUT2D eigenvalue weighted by atomic mass is 35.5. The number of aryl methyl sites for hydroxylation is 1. The average Bonchev–Trinajstić information content (AvgIpc) is 2.95. The minimum atomic E-state index is -0.320. The molecule has 0 radical (unpaired) electrons. The molecule has 1 aromatic heterocycles. The van der Waals surface area contributed by atoms with Crippen molar-refractivity contribution in [2.24, 2.45) is 0 Å². The number of hydrogen-bond acceptors (Lipinski definition) is 3. The van der Waals surface area contributed by atoms with Gasteiger partial charge in [-0.05, 0) is 42.3 Å². The summed E-state index contributed by atoms with van der Waals surface area (Å²) in [6, 6.07) is 19.4. The largest absolute Gasteiger partial charge is 0.361 e. The van der Waals surface area contributed by atoms with Crippen molar-refractivity contribution in [1.29, 1.82) is 0 Å². The van der Waals surface area contributed by atoms with Gasteiger partial charge in [0, 0.05) is 23.0 Å². The minimum absolute atomic E-state index is 0.0698. The summed E-state index contributed by atoms with van der Waals surface area (Å²) >= 11 is 5.96. The topological polar surface area (TPSA) is 45.2 Å². The molecule has 2 heterocycles. The van der Waals surface area contributed by atoms with E-state index in [0.29, 0.717) is 16.4 Å². The van der Waals surface area contributed by atoms with Crippen LogP contribution in [0, 0.1) is 0 Å². The maximum atomic E-state index is 13.0. The van der Waals surface area contributed by atoms with Gasteiger partial charge < -0.3 is 5.32 Å². The Labute approximate surface area is 157 Å². The number of nitrogens with one attached hydrogen (secondary N) is 1. The van der Waals surface area contributed by atoms with Gasteiger partial charge in [-0.2, -0.15) is 0 Å². The van der Waals surface area contributed by atoms with Gasteiger partial charge in [-0.25, -0.2) is 4.98 Å². The van der Waals surface area contributed by atoms with Crippen LogP contribution in [0.25, 0.3) is 0 Å². The Hall–Kier alpha value is -2.85. The fourth-order valence-electron chi connectivity index (χ4n) is 3.24. The maximum absolute atomic E-state index is 13.0. The van der Waals surface area contributed by atoms with Crippen molar-refractivity contribution in [3.8, 4) is 0 Å². The Kier molecular flexibility index (Phi) is 4.35. The zero-order valence-electron chi connectivity index (χ0n) is 14.3. The van der Waals surface area contributed by atoms with E-state index in [1.165, 1.54) is 5.56 Å². The highest BCUT2D eigenvalue weighted by Gasteiger charge is 2.38. The van der Waals surface area contributed by atoms with Gasteiger partial charge in [0.2, 0.25) is 0 Å². The first-order valence-electron chi connectivity index (χ1n) is 8.57. The molecule has 5 heteroatoms. The maximum Gasteiger partial charge on any atom is 0.261 e. The molecule has 0 fully saturated rings. The number of hydrogen-bond donors (Lipinski definition) is 1. The quantitative estimate of drug-likeness (QED) is 0.704. The number of nitrogens with zero attached hydrogens (tertiary/aromatic N) is 2. The Morgan fingerprint density at radius 3 is 2.73 bits per heavy atom. The smallest absolute Gasteiger partial charge is 0.261 e. The lowest BCUT2D eigenvalue weighted by molar-refractivity contribution is 0.0992. The molecule has 1 N–H and O–H groups in total. The molecule has 0 saturated carbocycles. The number of amides is 1. The monoisotopic (exact) mass is 363 g/mol. The van der Waals surface area contributed by atoms with Crippen molar-refractivity contribution in [2.45, 2.75) is 19.5 Å². The van der Waals surface area contributed by atoms with E-state index in [1.54, 1.807) is 23.2 Å². The number of carbonyl (C=O) groups excluding carboxylic acids is 1. The molecular formula is C21H18ClN3O. The van der Waals surface area contributed by atoms with Crippen molar-refractivity contribution >= 4 is 29.0 Å². The number of carbonyl (C=O) groups is 1. The van der Waals surface area contributed by atoms with Crippen LogP contribution in [0.4, 0.5) is 11.5 Å². The highest BCUT2D eigenvalue weighted by molar-refractivity contribution is 6.30. The summed E-state index contributed by atoms with van der Waals surface area (Å²) in [6.07, 6.45) is 2.19. The van der Waals surface area contributed by atoms with E-state index in [2.05, 4.69) is 29.4 Å². The van der Waals surface area contributed by atoms with Crippen molar-refractivity contribution in [2.75, 3.05) is 10.2 Å². The van der Waals surface area contributed by atoms with Crippen molar-refractivity contribution in [1.82, 2.24) is 4.98 Å². The lowest BCUT2D eigenvalue weighted by Crippen LogP contribution is -2.32. The molecule has 1 aliphatic rings. The summed E-state index contributed by atoms with van der Waals surface area (Å²) in [5, 5.41) is 4.04. The summed E-state index contributed by atoms with van der Waals surface area (Å²) in [7, 11) is 0. The third-order valence-electron chi connectivity index (χ3n) is 4.56. The molecule has 1 atom stereocenters. The normalized spacial score (nSPS) is 15.8. The van der Waals surface area contributed by atoms with Crippen LogP contribution < -0.4 is 10.2 Å². The summed E-state index contributed by atoms with van der Waals surface area (Å²) < 4.78 is 0. The Morgan fingerprint density at radius 1 is 1.12 bits per heavy atom. The van der Waals surface area contributed by atoms with Crippen molar-refractivity contribution in [3.05, 3.63) is 88.6 Å². The number of halogens is 1. The van der Waals surface area contributed by atoms with Crippen LogP contribution in [0.3, 0.4) is 0 Å². The van der Waals surface area contributed by atoms with E-state index in [1.807, 2.05) is 36.4 Å². The fraction of sp³-hybridized carbons (Fsp3) is 0.143. The van der Waals surface area contributed by atoms with Crippen LogP contribution in [-0.2, 0) is 6.42 Å². The number of pyridine rings is 1. The Balaban J connectivity index is 1.76. The van der Waals surface area contributed by atoms with E-state index in [-0.39, 0.29) is 12.1 Å². The van der Waals surface area contributed by atoms with E-state index in [4.69, 9.17) is 11.6 Å². The van der Waals surface area contributed by atoms with Gasteiger partial charge in [-0.3, -0.25) is 9.69 Å². The second-order valence-electron chi connectivity index (χ2n) is 6.20. The van der Waals surface area contributed by atoms with Gasteiger partial charge in [-0.1, -0.05) is 48.9 Å². The number of aromatic nitrogens is 1. The van der Waals surface area contributed by atoms with Gasteiger partial charge >= 0.3 is 0 Å². The zero-order valence-corrected chi connectivity index (χ0v) is 15.1. The first-order chi connectivity index (χ1) is 12.7. The van der Waals surface area contributed by atoms with Gasteiger partial charge in [0.1, 0.15) is 12.0 Å². The molecule has 2 aromatic carbocycles. The van der Waals surface area contributed by atoms with Crippen LogP contribution in [0.5, 0.6) is 0 Å². The molecule has 0 bridgehead atoms. The molecule has 0 saturated heterocycles. The van der Waals surface area contributed by atoms with Crippen LogP contribution in [0.2, 0.25) is 5.02 Å². The van der Waals surface area contributed by atoms with E-state index >= 15 is 0 Å². The summed E-state index contributed by atoms with van der Waals surface area (Å²) in [5.74, 6) is 0.499. The van der Waals surface area contributed by atoms with Crippen LogP contribution in [0.15, 0.2) is 66.9 Å². The Morgan fingerprint density at radius 2 is 1.96 bits per heavy atom. The second-order valence-corrected chi connectivity index (χ2v) is 6.63. The molecule has 3 aromatic rings. The van der Waals surface area contributed by atoms with Crippen molar-refractivity contribution in [3.63, 3.8) is 0 Å². The lowest BCUT2D eigenvalue weighted by Gasteiger charge is -2.26. The molecule has 1 amide bonds. The Bertz CT molecular complexity index is 955. The van der Waals surface area contributed by atoms with E-state index < -0.39 is 0 Å². The van der Waals surface area contributed by atoms with Crippen LogP contribution >= 0.6 is 11.6 Å². The summed E-state index contributed by atoms with van der Waals surface area (Å²) in [6.45, 7) is 2.12. The van der Waals surface area contributed by atoms with Gasteiger partial charge in [-0.15, -0.1) is 0 Å². The second kappa shape index (κ2) is 6.81. The number of rotatable bonds is 4. The molecule has 4 rings (SSSR count).